The third kappa shape index (κ3) is 37.0. The van der Waals surface area contributed by atoms with Gasteiger partial charge in [0.1, 0.15) is 6.61 Å². The first-order valence-electron chi connectivity index (χ1n) is 19.6. The van der Waals surface area contributed by atoms with Gasteiger partial charge in [-0.15, -0.1) is 0 Å². The zero-order valence-electron chi connectivity index (χ0n) is 32.3. The van der Waals surface area contributed by atoms with E-state index in [4.69, 9.17) is 24.3 Å². The molecule has 3 N–H and O–H groups in total. The van der Waals surface area contributed by atoms with Gasteiger partial charge in [0.15, 0.2) is 6.10 Å². The van der Waals surface area contributed by atoms with Crippen LogP contribution in [0.1, 0.15) is 136 Å². The number of nitrogens with two attached hydrogens (primary N) is 1. The van der Waals surface area contributed by atoms with Crippen LogP contribution in [0.4, 0.5) is 0 Å². The predicted molar refractivity (Wildman–Crippen MR) is 215 cm³/mol. The zero-order chi connectivity index (χ0) is 38.2. The molecule has 0 heterocycles. The molecule has 0 spiro atoms. The smallest absolute Gasteiger partial charge is 0.462 e. The largest absolute Gasteiger partial charge is 0.472 e. The molecule has 2 unspecified atom stereocenters. The number of rotatable bonds is 35. The summed E-state index contributed by atoms with van der Waals surface area (Å²) in [6, 6.07) is 0. The van der Waals surface area contributed by atoms with Crippen molar-refractivity contribution in [3.63, 3.8) is 0 Å². The number of unbranched alkanes of at least 4 members (excludes halogenated alkanes) is 9. The highest BCUT2D eigenvalue weighted by molar-refractivity contribution is 7.47. The zero-order valence-corrected chi connectivity index (χ0v) is 33.1. The molecular weight excluding hydrogens is 677 g/mol. The molecular formula is C42H70NO8P. The molecule has 2 atom stereocenters. The van der Waals surface area contributed by atoms with Crippen molar-refractivity contribution in [2.45, 2.75) is 142 Å². The predicted octanol–water partition coefficient (Wildman–Crippen LogP) is 10.9. The van der Waals surface area contributed by atoms with Crippen molar-refractivity contribution in [3.8, 4) is 0 Å². The second-order valence-electron chi connectivity index (χ2n) is 12.4. The topological polar surface area (TPSA) is 134 Å². The number of carbonyl (C=O) groups is 2. The van der Waals surface area contributed by atoms with Crippen LogP contribution in [-0.4, -0.2) is 49.3 Å². The number of hydrogen-bond donors (Lipinski definition) is 2. The van der Waals surface area contributed by atoms with Crippen molar-refractivity contribution in [1.82, 2.24) is 0 Å². The number of esters is 2. The lowest BCUT2D eigenvalue weighted by molar-refractivity contribution is -0.160. The molecule has 52 heavy (non-hydrogen) atoms. The van der Waals surface area contributed by atoms with Gasteiger partial charge in [-0.25, -0.2) is 4.57 Å². The van der Waals surface area contributed by atoms with Crippen molar-refractivity contribution >= 4 is 19.8 Å². The van der Waals surface area contributed by atoms with Crippen LogP contribution >= 0.6 is 7.82 Å². The lowest BCUT2D eigenvalue weighted by Crippen LogP contribution is -2.29. The molecule has 0 aromatic rings. The standard InChI is InChI=1S/C42H70NO8P/c1-3-5-7-9-11-13-15-17-19-21-22-24-26-28-30-32-34-41(44)48-38-40(39-50-52(46,47)49-37-36-43)51-42(45)35-33-31-29-27-25-23-20-18-16-14-12-10-8-6-4-2/h6,8,12-15,18-21,25,27,31,33,40H,3-5,7,9-11,16-17,22-24,26,28-30,32,34-39,43H2,1-2H3,(H,46,47)/b8-6-,14-12-,15-13-,20-18-,21-19-,27-25-,33-31-. The molecule has 9 nitrogen and oxygen atoms in total. The monoisotopic (exact) mass is 747 g/mol. The van der Waals surface area contributed by atoms with Gasteiger partial charge in [0.2, 0.25) is 0 Å². The minimum atomic E-state index is -4.41. The van der Waals surface area contributed by atoms with Gasteiger partial charge in [0, 0.05) is 13.0 Å². The first-order valence-corrected chi connectivity index (χ1v) is 21.1. The highest BCUT2D eigenvalue weighted by Gasteiger charge is 2.25. The number of carbonyl (C=O) groups excluding carboxylic acids is 2. The molecule has 0 aliphatic heterocycles. The summed E-state index contributed by atoms with van der Waals surface area (Å²) in [7, 11) is -4.41. The molecule has 0 fully saturated rings. The maximum Gasteiger partial charge on any atom is 0.472 e. The summed E-state index contributed by atoms with van der Waals surface area (Å²) >= 11 is 0. The van der Waals surface area contributed by atoms with Crippen LogP contribution in [-0.2, 0) is 32.7 Å². The summed E-state index contributed by atoms with van der Waals surface area (Å²) in [5.74, 6) is -1.00. The van der Waals surface area contributed by atoms with E-state index in [2.05, 4.69) is 80.7 Å². The third-order valence-electron chi connectivity index (χ3n) is 7.55. The van der Waals surface area contributed by atoms with E-state index in [-0.39, 0.29) is 32.6 Å². The molecule has 0 saturated heterocycles. The fraction of sp³-hybridized carbons (Fsp3) is 0.619. The van der Waals surface area contributed by atoms with Gasteiger partial charge in [0.05, 0.1) is 19.6 Å². The van der Waals surface area contributed by atoms with Crippen molar-refractivity contribution in [3.05, 3.63) is 85.1 Å². The van der Waals surface area contributed by atoms with Crippen molar-refractivity contribution in [2.75, 3.05) is 26.4 Å². The Morgan fingerprint density at radius 2 is 1.12 bits per heavy atom. The molecule has 296 valence electrons. The van der Waals surface area contributed by atoms with Gasteiger partial charge in [0.25, 0.3) is 0 Å². The summed E-state index contributed by atoms with van der Waals surface area (Å²) in [5, 5.41) is 0. The normalized spacial score (nSPS) is 14.3. The average molecular weight is 748 g/mol. The Balaban J connectivity index is 4.39. The molecule has 0 rings (SSSR count). The van der Waals surface area contributed by atoms with Crippen LogP contribution in [0.2, 0.25) is 0 Å². The van der Waals surface area contributed by atoms with E-state index in [1.54, 1.807) is 6.08 Å². The molecule has 0 bridgehead atoms. The number of allylic oxidation sites excluding steroid dienone is 13. The molecule has 0 saturated carbocycles. The Hall–Kier alpha value is -2.81. The van der Waals surface area contributed by atoms with Crippen LogP contribution in [0.15, 0.2) is 85.1 Å². The highest BCUT2D eigenvalue weighted by Crippen LogP contribution is 2.43. The highest BCUT2D eigenvalue weighted by atomic mass is 31.2. The molecule has 0 aliphatic rings. The van der Waals surface area contributed by atoms with E-state index >= 15 is 0 Å². The summed E-state index contributed by atoms with van der Waals surface area (Å²) in [6.07, 6.45) is 46.4. The second-order valence-corrected chi connectivity index (χ2v) is 13.9. The van der Waals surface area contributed by atoms with Crippen molar-refractivity contribution < 1.29 is 37.6 Å². The number of phosphoric acid groups is 1. The Morgan fingerprint density at radius 3 is 1.67 bits per heavy atom. The van der Waals surface area contributed by atoms with Gasteiger partial charge in [-0.2, -0.15) is 0 Å². The first-order chi connectivity index (χ1) is 25.3. The first kappa shape index (κ1) is 49.2. The van der Waals surface area contributed by atoms with E-state index in [0.717, 1.165) is 64.2 Å². The van der Waals surface area contributed by atoms with E-state index in [1.807, 2.05) is 12.2 Å². The van der Waals surface area contributed by atoms with E-state index in [9.17, 15) is 19.0 Å². The van der Waals surface area contributed by atoms with Gasteiger partial charge in [-0.3, -0.25) is 18.6 Å². The lowest BCUT2D eigenvalue weighted by Gasteiger charge is -2.19. The fourth-order valence-corrected chi connectivity index (χ4v) is 5.44. The Morgan fingerprint density at radius 1 is 0.615 bits per heavy atom. The van der Waals surface area contributed by atoms with Crippen LogP contribution < -0.4 is 5.73 Å². The number of hydrogen-bond acceptors (Lipinski definition) is 8. The summed E-state index contributed by atoms with van der Waals surface area (Å²) < 4.78 is 32.5. The van der Waals surface area contributed by atoms with Crippen LogP contribution in [0.5, 0.6) is 0 Å². The SMILES string of the molecule is CC/C=C\C/C=C\C/C=C\C/C=C\C/C=C\CC(=O)OC(COC(=O)CCCCCCC/C=C\C/C=C\CCCCCC)COP(=O)(O)OCCN. The van der Waals surface area contributed by atoms with E-state index < -0.39 is 32.5 Å². The van der Waals surface area contributed by atoms with Gasteiger partial charge in [-0.1, -0.05) is 137 Å². The molecule has 0 aromatic carbocycles. The minimum absolute atomic E-state index is 0.00946. The summed E-state index contributed by atoms with van der Waals surface area (Å²) in [5.41, 5.74) is 5.32. The summed E-state index contributed by atoms with van der Waals surface area (Å²) in [6.45, 7) is 3.44. The van der Waals surface area contributed by atoms with Gasteiger partial charge < -0.3 is 20.1 Å². The minimum Gasteiger partial charge on any atom is -0.462 e. The van der Waals surface area contributed by atoms with Crippen molar-refractivity contribution in [1.29, 1.82) is 0 Å². The van der Waals surface area contributed by atoms with Gasteiger partial charge in [-0.05, 0) is 70.6 Å². The van der Waals surface area contributed by atoms with E-state index in [0.29, 0.717) is 12.8 Å². The Bertz CT molecular complexity index is 1130. The molecule has 0 amide bonds. The maximum atomic E-state index is 12.5. The second kappa shape index (κ2) is 37.9. The fourth-order valence-electron chi connectivity index (χ4n) is 4.68. The average Bonchev–Trinajstić information content (AvgIpc) is 3.13. The van der Waals surface area contributed by atoms with Crippen molar-refractivity contribution in [2.24, 2.45) is 5.73 Å². The number of ether oxygens (including phenoxy) is 2. The van der Waals surface area contributed by atoms with E-state index in [1.165, 1.54) is 32.1 Å². The third-order valence-corrected chi connectivity index (χ3v) is 8.53. The Kier molecular flexibility index (Phi) is 35.9. The summed E-state index contributed by atoms with van der Waals surface area (Å²) in [4.78, 5) is 34.7. The van der Waals surface area contributed by atoms with Crippen LogP contribution in [0.3, 0.4) is 0 Å². The maximum absolute atomic E-state index is 12.5. The lowest BCUT2D eigenvalue weighted by atomic mass is 10.1. The quantitative estimate of drug-likeness (QED) is 0.0281. The van der Waals surface area contributed by atoms with Crippen LogP contribution in [0, 0.1) is 0 Å². The Labute approximate surface area is 315 Å². The molecule has 0 aromatic heterocycles. The van der Waals surface area contributed by atoms with Crippen LogP contribution in [0.25, 0.3) is 0 Å². The molecule has 0 aliphatic carbocycles. The molecule has 10 heteroatoms. The number of phosphoric ester groups is 1. The van der Waals surface area contributed by atoms with Gasteiger partial charge >= 0.3 is 19.8 Å². The molecule has 0 radical (unpaired) electrons.